The third-order valence-corrected chi connectivity index (χ3v) is 2.94. The van der Waals surface area contributed by atoms with Crippen LogP contribution in [0.5, 0.6) is 0 Å². The van der Waals surface area contributed by atoms with Gasteiger partial charge in [0.15, 0.2) is 0 Å². The second-order valence-corrected chi connectivity index (χ2v) is 4.80. The van der Waals surface area contributed by atoms with Crippen LogP contribution in [0.3, 0.4) is 0 Å². The first-order chi connectivity index (χ1) is 8.13. The number of nitrogens with one attached hydrogen (secondary N) is 1. The Morgan fingerprint density at radius 1 is 1.29 bits per heavy atom. The highest BCUT2D eigenvalue weighted by molar-refractivity contribution is 5.03. The van der Waals surface area contributed by atoms with E-state index >= 15 is 0 Å². The fraction of sp³-hybridized carbons (Fsp3) is 0.643. The summed E-state index contributed by atoms with van der Waals surface area (Å²) < 4.78 is 0. The molecule has 96 valence electrons. The lowest BCUT2D eigenvalue weighted by Gasteiger charge is -2.28. The van der Waals surface area contributed by atoms with E-state index in [0.29, 0.717) is 12.1 Å². The van der Waals surface area contributed by atoms with Crippen molar-refractivity contribution in [2.24, 2.45) is 0 Å². The fourth-order valence-corrected chi connectivity index (χ4v) is 1.81. The molecule has 1 rings (SSSR count). The number of rotatable bonds is 7. The van der Waals surface area contributed by atoms with E-state index < -0.39 is 0 Å². The molecule has 0 saturated heterocycles. The average molecular weight is 235 g/mol. The van der Waals surface area contributed by atoms with Gasteiger partial charge in [-0.05, 0) is 25.6 Å². The first-order valence-corrected chi connectivity index (χ1v) is 6.50. The van der Waals surface area contributed by atoms with E-state index in [4.69, 9.17) is 0 Å². The molecule has 0 saturated carbocycles. The van der Waals surface area contributed by atoms with Gasteiger partial charge in [0, 0.05) is 31.4 Å². The van der Waals surface area contributed by atoms with Gasteiger partial charge < -0.3 is 5.32 Å². The largest absolute Gasteiger partial charge is 0.313 e. The monoisotopic (exact) mass is 235 g/mol. The van der Waals surface area contributed by atoms with Crippen LogP contribution in [0.25, 0.3) is 0 Å². The molecule has 3 heteroatoms. The Labute approximate surface area is 105 Å². The molecular formula is C14H25N3. The van der Waals surface area contributed by atoms with Crippen LogP contribution in [0, 0.1) is 0 Å². The van der Waals surface area contributed by atoms with E-state index in [0.717, 1.165) is 25.3 Å². The minimum Gasteiger partial charge on any atom is -0.313 e. The Balaban J connectivity index is 2.47. The van der Waals surface area contributed by atoms with Crippen LogP contribution in [0.15, 0.2) is 24.4 Å². The van der Waals surface area contributed by atoms with Crippen molar-refractivity contribution >= 4 is 0 Å². The second-order valence-electron chi connectivity index (χ2n) is 4.80. The number of hydrogen-bond donors (Lipinski definition) is 1. The van der Waals surface area contributed by atoms with Gasteiger partial charge in [-0.2, -0.15) is 0 Å². The van der Waals surface area contributed by atoms with Crippen LogP contribution in [-0.2, 0) is 6.54 Å². The van der Waals surface area contributed by atoms with Gasteiger partial charge in [0.2, 0.25) is 0 Å². The van der Waals surface area contributed by atoms with Crippen molar-refractivity contribution in [1.82, 2.24) is 15.2 Å². The van der Waals surface area contributed by atoms with Crippen LogP contribution >= 0.6 is 0 Å². The van der Waals surface area contributed by atoms with E-state index in [1.165, 1.54) is 0 Å². The maximum Gasteiger partial charge on any atom is 0.0544 e. The quantitative estimate of drug-likeness (QED) is 0.786. The van der Waals surface area contributed by atoms with Crippen LogP contribution < -0.4 is 5.32 Å². The molecule has 1 heterocycles. The minimum atomic E-state index is 0.532. The third-order valence-electron chi connectivity index (χ3n) is 2.94. The van der Waals surface area contributed by atoms with Crippen LogP contribution in [0.2, 0.25) is 0 Å². The average Bonchev–Trinajstić information content (AvgIpc) is 2.34. The molecule has 1 aromatic heterocycles. The summed E-state index contributed by atoms with van der Waals surface area (Å²) in [6, 6.07) is 7.18. The summed E-state index contributed by atoms with van der Waals surface area (Å²) in [5.74, 6) is 0. The molecule has 1 atom stereocenters. The molecule has 3 nitrogen and oxygen atoms in total. The molecule has 0 amide bonds. The highest BCUT2D eigenvalue weighted by atomic mass is 15.2. The number of hydrogen-bond acceptors (Lipinski definition) is 3. The lowest BCUT2D eigenvalue weighted by atomic mass is 10.2. The Hall–Kier alpha value is -0.930. The van der Waals surface area contributed by atoms with E-state index in [1.807, 2.05) is 18.3 Å². The molecule has 17 heavy (non-hydrogen) atoms. The third kappa shape index (κ3) is 5.29. The number of nitrogens with zero attached hydrogens (tertiary/aromatic N) is 2. The summed E-state index contributed by atoms with van der Waals surface area (Å²) in [7, 11) is 0. The maximum atomic E-state index is 4.38. The predicted octanol–water partition coefficient (Wildman–Crippen LogP) is 2.29. The summed E-state index contributed by atoms with van der Waals surface area (Å²) in [4.78, 5) is 6.82. The Bertz CT molecular complexity index is 298. The van der Waals surface area contributed by atoms with Crippen molar-refractivity contribution in [3.05, 3.63) is 30.1 Å². The molecule has 0 radical (unpaired) electrons. The van der Waals surface area contributed by atoms with Crippen LogP contribution in [-0.4, -0.2) is 35.1 Å². The maximum absolute atomic E-state index is 4.38. The SMILES string of the molecule is CCN(Cc1ccccn1)C(C)CNC(C)C. The van der Waals surface area contributed by atoms with Crippen molar-refractivity contribution in [2.45, 2.75) is 46.3 Å². The van der Waals surface area contributed by atoms with Gasteiger partial charge in [-0.25, -0.2) is 0 Å². The summed E-state index contributed by atoms with van der Waals surface area (Å²) in [5, 5.41) is 3.48. The molecule has 0 aromatic carbocycles. The highest BCUT2D eigenvalue weighted by Gasteiger charge is 2.12. The Morgan fingerprint density at radius 3 is 2.59 bits per heavy atom. The summed E-state index contributed by atoms with van der Waals surface area (Å²) >= 11 is 0. The Kier molecular flexibility index (Phi) is 6.16. The zero-order valence-electron chi connectivity index (χ0n) is 11.5. The van der Waals surface area contributed by atoms with Crippen LogP contribution in [0.1, 0.15) is 33.4 Å². The van der Waals surface area contributed by atoms with Crippen LogP contribution in [0.4, 0.5) is 0 Å². The topological polar surface area (TPSA) is 28.2 Å². The molecule has 0 spiro atoms. The highest BCUT2D eigenvalue weighted by Crippen LogP contribution is 2.05. The zero-order valence-corrected chi connectivity index (χ0v) is 11.5. The van der Waals surface area contributed by atoms with Crippen molar-refractivity contribution in [2.75, 3.05) is 13.1 Å². The number of pyridine rings is 1. The number of aromatic nitrogens is 1. The molecule has 1 N–H and O–H groups in total. The molecule has 1 unspecified atom stereocenters. The summed E-state index contributed by atoms with van der Waals surface area (Å²) in [6.07, 6.45) is 1.86. The minimum absolute atomic E-state index is 0.532. The second kappa shape index (κ2) is 7.41. The lowest BCUT2D eigenvalue weighted by molar-refractivity contribution is 0.201. The Morgan fingerprint density at radius 2 is 2.06 bits per heavy atom. The standard InChI is InChI=1S/C14H25N3/c1-5-17(13(4)10-16-12(2)3)11-14-8-6-7-9-15-14/h6-9,12-13,16H,5,10-11H2,1-4H3. The van der Waals surface area contributed by atoms with E-state index in [1.54, 1.807) is 0 Å². The summed E-state index contributed by atoms with van der Waals surface area (Å²) in [5.41, 5.74) is 1.14. The first-order valence-electron chi connectivity index (χ1n) is 6.50. The molecular weight excluding hydrogens is 210 g/mol. The van der Waals surface area contributed by atoms with Crippen molar-refractivity contribution in [1.29, 1.82) is 0 Å². The molecule has 0 aliphatic heterocycles. The van der Waals surface area contributed by atoms with E-state index in [2.05, 4.69) is 49.0 Å². The lowest BCUT2D eigenvalue weighted by Crippen LogP contribution is -2.41. The van der Waals surface area contributed by atoms with Gasteiger partial charge in [-0.15, -0.1) is 0 Å². The van der Waals surface area contributed by atoms with E-state index in [-0.39, 0.29) is 0 Å². The predicted molar refractivity (Wildman–Crippen MR) is 72.9 cm³/mol. The fourth-order valence-electron chi connectivity index (χ4n) is 1.81. The van der Waals surface area contributed by atoms with Crippen molar-refractivity contribution in [3.8, 4) is 0 Å². The van der Waals surface area contributed by atoms with Gasteiger partial charge in [0.25, 0.3) is 0 Å². The van der Waals surface area contributed by atoms with E-state index in [9.17, 15) is 0 Å². The zero-order chi connectivity index (χ0) is 12.7. The molecule has 0 aliphatic rings. The van der Waals surface area contributed by atoms with Gasteiger partial charge in [-0.1, -0.05) is 26.8 Å². The molecule has 0 aliphatic carbocycles. The molecule has 0 bridgehead atoms. The van der Waals surface area contributed by atoms with Gasteiger partial charge >= 0.3 is 0 Å². The first kappa shape index (κ1) is 14.1. The van der Waals surface area contributed by atoms with Gasteiger partial charge in [0.1, 0.15) is 0 Å². The normalized spacial score (nSPS) is 13.3. The van der Waals surface area contributed by atoms with Gasteiger partial charge in [0.05, 0.1) is 5.69 Å². The van der Waals surface area contributed by atoms with Crippen molar-refractivity contribution < 1.29 is 0 Å². The summed E-state index contributed by atoms with van der Waals surface area (Å²) in [6.45, 7) is 11.8. The smallest absolute Gasteiger partial charge is 0.0544 e. The van der Waals surface area contributed by atoms with Crippen molar-refractivity contribution in [3.63, 3.8) is 0 Å². The molecule has 1 aromatic rings. The van der Waals surface area contributed by atoms with Gasteiger partial charge in [-0.3, -0.25) is 9.88 Å². The molecule has 0 fully saturated rings. The number of likely N-dealkylation sites (N-methyl/N-ethyl adjacent to an activating group) is 1.